The summed E-state index contributed by atoms with van der Waals surface area (Å²) >= 11 is 0.863. The molecule has 0 aromatic carbocycles. The van der Waals surface area contributed by atoms with Gasteiger partial charge in [0.25, 0.3) is 0 Å². The minimum Gasteiger partial charge on any atom is -0.449 e. The second kappa shape index (κ2) is 9.62. The minimum absolute atomic E-state index is 0.0219. The van der Waals surface area contributed by atoms with E-state index in [0.717, 1.165) is 17.8 Å². The molecule has 3 fully saturated rings. The lowest BCUT2D eigenvalue weighted by Crippen LogP contribution is -2.70. The fourth-order valence-corrected chi connectivity index (χ4v) is 8.78. The lowest BCUT2D eigenvalue weighted by atomic mass is 9.44. The van der Waals surface area contributed by atoms with E-state index in [-0.39, 0.29) is 37.2 Å². The standard InChI is InChI=1S/C28H34F2O6S/c1-5-23(34)36-28(24(35)37-11-7-6-10-31)16(2)12-18-19-14-21(29)20-13-17(32)8-9-25(20,3)27(19,30)22(33)15-26(18,28)4/h8-9,13,16,18-19,21-22,31,33H,5,10-12,14-15H2,1-4H3/t16-,18?,19?,21+,22+,25+,26+,27+,28+/m1/s1. The van der Waals surface area contributed by atoms with Crippen LogP contribution in [0.25, 0.3) is 0 Å². The van der Waals surface area contributed by atoms with Crippen LogP contribution in [-0.2, 0) is 19.1 Å². The molecule has 6 nitrogen and oxygen atoms in total. The largest absolute Gasteiger partial charge is 0.449 e. The van der Waals surface area contributed by atoms with E-state index in [1.54, 1.807) is 20.8 Å². The molecule has 4 aliphatic carbocycles. The maximum Gasteiger partial charge on any atom is 0.306 e. The number of rotatable bonds is 4. The zero-order valence-corrected chi connectivity index (χ0v) is 22.4. The Morgan fingerprint density at radius 2 is 1.95 bits per heavy atom. The Kier molecular flexibility index (Phi) is 7.28. The fraction of sp³-hybridized carbons (Fsp3) is 0.679. The number of halogens is 2. The maximum atomic E-state index is 17.4. The van der Waals surface area contributed by atoms with Gasteiger partial charge in [0.1, 0.15) is 12.8 Å². The molecule has 0 spiro atoms. The highest BCUT2D eigenvalue weighted by molar-refractivity contribution is 8.14. The Balaban J connectivity index is 1.82. The molecule has 0 aliphatic heterocycles. The Morgan fingerprint density at radius 3 is 2.59 bits per heavy atom. The molecule has 9 heteroatoms. The SMILES string of the molecule is CCC(=O)O[C@]1(C(=O)SCC#CCO)[C@H](C)CC2C3C[C@H](F)C4=CC(=O)C=C[C@]4(C)[C@@]3(F)[C@@H](O)C[C@@]21C. The van der Waals surface area contributed by atoms with Gasteiger partial charge < -0.3 is 14.9 Å². The maximum absolute atomic E-state index is 17.4. The Hall–Kier alpha value is -2.02. The summed E-state index contributed by atoms with van der Waals surface area (Å²) in [5.74, 6) is 2.14. The molecule has 0 aromatic heterocycles. The van der Waals surface area contributed by atoms with Gasteiger partial charge in [0.2, 0.25) is 5.12 Å². The van der Waals surface area contributed by atoms with Crippen LogP contribution in [0.15, 0.2) is 23.8 Å². The fourth-order valence-electron chi connectivity index (χ4n) is 7.79. The monoisotopic (exact) mass is 536 g/mol. The van der Waals surface area contributed by atoms with Crippen LogP contribution in [0.3, 0.4) is 0 Å². The summed E-state index contributed by atoms with van der Waals surface area (Å²) in [5.41, 5.74) is -6.62. The molecule has 37 heavy (non-hydrogen) atoms. The average molecular weight is 537 g/mol. The van der Waals surface area contributed by atoms with Crippen LogP contribution < -0.4 is 0 Å². The number of carbonyl (C=O) groups is 3. The highest BCUT2D eigenvalue weighted by Crippen LogP contribution is 2.72. The van der Waals surface area contributed by atoms with Gasteiger partial charge in [-0.2, -0.15) is 0 Å². The van der Waals surface area contributed by atoms with E-state index in [1.165, 1.54) is 19.1 Å². The molecule has 2 unspecified atom stereocenters. The normalized spacial score (nSPS) is 44.1. The quantitative estimate of drug-likeness (QED) is 0.419. The average Bonchev–Trinajstić information content (AvgIpc) is 3.06. The summed E-state index contributed by atoms with van der Waals surface area (Å²) in [7, 11) is 0. The van der Waals surface area contributed by atoms with Crippen molar-refractivity contribution in [1.29, 1.82) is 0 Å². The molecule has 0 bridgehead atoms. The molecule has 0 aromatic rings. The highest BCUT2D eigenvalue weighted by atomic mass is 32.2. The predicted molar refractivity (Wildman–Crippen MR) is 135 cm³/mol. The van der Waals surface area contributed by atoms with Crippen LogP contribution >= 0.6 is 11.8 Å². The first-order chi connectivity index (χ1) is 17.3. The Labute approximate surface area is 220 Å². The second-order valence-corrected chi connectivity index (χ2v) is 12.1. The molecule has 0 saturated heterocycles. The number of carbonyl (C=O) groups excluding carboxylic acids is 3. The number of ether oxygens (including phenoxy) is 1. The molecule has 9 atom stereocenters. The molecule has 0 amide bonds. The van der Waals surface area contributed by atoms with E-state index >= 15 is 8.78 Å². The zero-order valence-electron chi connectivity index (χ0n) is 21.6. The second-order valence-electron chi connectivity index (χ2n) is 11.1. The summed E-state index contributed by atoms with van der Waals surface area (Å²) in [6, 6.07) is 0. The lowest BCUT2D eigenvalue weighted by molar-refractivity contribution is -0.228. The predicted octanol–water partition coefficient (Wildman–Crippen LogP) is 3.50. The van der Waals surface area contributed by atoms with Gasteiger partial charge in [0.05, 0.1) is 11.9 Å². The van der Waals surface area contributed by atoms with Crippen molar-refractivity contribution in [2.24, 2.45) is 28.6 Å². The molecule has 2 N–H and O–H groups in total. The van der Waals surface area contributed by atoms with Crippen molar-refractivity contribution in [2.45, 2.75) is 76.9 Å². The smallest absolute Gasteiger partial charge is 0.306 e. The van der Waals surface area contributed by atoms with Gasteiger partial charge in [-0.1, -0.05) is 50.4 Å². The third kappa shape index (κ3) is 3.77. The van der Waals surface area contributed by atoms with Gasteiger partial charge in [-0.05, 0) is 49.8 Å². The molecule has 4 rings (SSSR count). The lowest BCUT2D eigenvalue weighted by Gasteiger charge is -2.63. The van der Waals surface area contributed by atoms with Gasteiger partial charge in [0.15, 0.2) is 17.1 Å². The number of esters is 1. The number of aliphatic hydroxyl groups is 2. The van der Waals surface area contributed by atoms with Crippen molar-refractivity contribution in [3.05, 3.63) is 23.8 Å². The topological polar surface area (TPSA) is 101 Å². The van der Waals surface area contributed by atoms with Crippen molar-refractivity contribution >= 4 is 28.6 Å². The van der Waals surface area contributed by atoms with E-state index in [0.29, 0.717) is 6.42 Å². The van der Waals surface area contributed by atoms with Gasteiger partial charge >= 0.3 is 5.97 Å². The van der Waals surface area contributed by atoms with Gasteiger partial charge in [-0.25, -0.2) is 8.78 Å². The van der Waals surface area contributed by atoms with E-state index < -0.39 is 69.0 Å². The van der Waals surface area contributed by atoms with Crippen molar-refractivity contribution in [3.63, 3.8) is 0 Å². The van der Waals surface area contributed by atoms with Crippen molar-refractivity contribution in [2.75, 3.05) is 12.4 Å². The highest BCUT2D eigenvalue weighted by Gasteiger charge is 2.78. The number of allylic oxidation sites excluding steroid dienone is 4. The molecular weight excluding hydrogens is 502 g/mol. The number of aliphatic hydroxyl groups excluding tert-OH is 2. The van der Waals surface area contributed by atoms with E-state index in [1.807, 2.05) is 0 Å². The zero-order chi connectivity index (χ0) is 27.4. The molecule has 0 radical (unpaired) electrons. The molecule has 202 valence electrons. The van der Waals surface area contributed by atoms with Gasteiger partial charge in [0, 0.05) is 29.1 Å². The van der Waals surface area contributed by atoms with Crippen molar-refractivity contribution in [3.8, 4) is 11.8 Å². The first-order valence-electron chi connectivity index (χ1n) is 12.7. The van der Waals surface area contributed by atoms with Crippen molar-refractivity contribution < 1.29 is 38.1 Å². The van der Waals surface area contributed by atoms with Gasteiger partial charge in [-0.15, -0.1) is 0 Å². The van der Waals surface area contributed by atoms with Crippen molar-refractivity contribution in [1.82, 2.24) is 0 Å². The van der Waals surface area contributed by atoms with Crippen LogP contribution in [0, 0.1) is 40.4 Å². The third-order valence-electron chi connectivity index (χ3n) is 9.51. The van der Waals surface area contributed by atoms with Crippen LogP contribution in [0.5, 0.6) is 0 Å². The minimum atomic E-state index is -2.28. The summed E-state index contributed by atoms with van der Waals surface area (Å²) in [6.07, 6.45) is 0.438. The molecule has 0 heterocycles. The molecule has 3 saturated carbocycles. The van der Waals surface area contributed by atoms with Gasteiger partial charge in [-0.3, -0.25) is 14.4 Å². The van der Waals surface area contributed by atoms with Crippen LogP contribution in [0.4, 0.5) is 8.78 Å². The molecule has 4 aliphatic rings. The number of thioether (sulfide) groups is 1. The Bertz CT molecular complexity index is 1130. The van der Waals surface area contributed by atoms with E-state index in [2.05, 4.69) is 11.8 Å². The van der Waals surface area contributed by atoms with E-state index in [9.17, 15) is 19.5 Å². The first kappa shape index (κ1) is 28.0. The Morgan fingerprint density at radius 1 is 1.24 bits per heavy atom. The van der Waals surface area contributed by atoms with Crippen LogP contribution in [-0.4, -0.2) is 63.0 Å². The molecular formula is C28H34F2O6S. The van der Waals surface area contributed by atoms with Crippen LogP contribution in [0.2, 0.25) is 0 Å². The number of hydrogen-bond donors (Lipinski definition) is 2. The first-order valence-corrected chi connectivity index (χ1v) is 13.7. The summed E-state index contributed by atoms with van der Waals surface area (Å²) in [4.78, 5) is 38.5. The summed E-state index contributed by atoms with van der Waals surface area (Å²) in [6.45, 7) is 6.30. The third-order valence-corrected chi connectivity index (χ3v) is 10.4. The summed E-state index contributed by atoms with van der Waals surface area (Å²) < 4.78 is 39.0. The number of alkyl halides is 2. The number of hydrogen-bond acceptors (Lipinski definition) is 7. The van der Waals surface area contributed by atoms with Crippen LogP contribution in [0.1, 0.15) is 53.4 Å². The van der Waals surface area contributed by atoms with E-state index in [4.69, 9.17) is 9.84 Å². The number of fused-ring (bicyclic) bond motifs is 5. The summed E-state index contributed by atoms with van der Waals surface area (Å²) in [5, 5.41) is 20.0. The number of ketones is 1.